The summed E-state index contributed by atoms with van der Waals surface area (Å²) in [6, 6.07) is 5.78. The van der Waals surface area contributed by atoms with E-state index in [-0.39, 0.29) is 59.7 Å². The van der Waals surface area contributed by atoms with Crippen molar-refractivity contribution in [3.8, 4) is 0 Å². The van der Waals surface area contributed by atoms with Crippen LogP contribution in [0.4, 0.5) is 0 Å². The normalized spacial score (nSPS) is 20.5. The summed E-state index contributed by atoms with van der Waals surface area (Å²) >= 11 is 0. The molecular formula is C40H67N5O8. The van der Waals surface area contributed by atoms with Crippen LogP contribution in [0.15, 0.2) is 30.3 Å². The van der Waals surface area contributed by atoms with Crippen LogP contribution < -0.4 is 16.0 Å². The van der Waals surface area contributed by atoms with Gasteiger partial charge < -0.3 is 40.0 Å². The van der Waals surface area contributed by atoms with Gasteiger partial charge in [0.1, 0.15) is 6.04 Å². The largest absolute Gasteiger partial charge is 0.380 e. The van der Waals surface area contributed by atoms with Gasteiger partial charge in [0.05, 0.1) is 54.8 Å². The van der Waals surface area contributed by atoms with Crippen LogP contribution in [0.25, 0.3) is 0 Å². The van der Waals surface area contributed by atoms with Crippen molar-refractivity contribution >= 4 is 29.4 Å². The molecule has 300 valence electrons. The maximum atomic E-state index is 14.3. The van der Waals surface area contributed by atoms with Crippen LogP contribution in [0, 0.1) is 23.7 Å². The number of ketones is 1. The number of hydrogen-bond acceptors (Lipinski definition) is 9. The average molecular weight is 746 g/mol. The zero-order valence-electron chi connectivity index (χ0n) is 34.3. The van der Waals surface area contributed by atoms with E-state index < -0.39 is 48.3 Å². The molecule has 53 heavy (non-hydrogen) atoms. The Balaban J connectivity index is 2.32. The second-order valence-corrected chi connectivity index (χ2v) is 15.2. The molecule has 2 rings (SSSR count). The first-order chi connectivity index (χ1) is 25.0. The number of likely N-dealkylation sites (N-methyl/N-ethyl adjacent to an activating group) is 2. The number of Topliss-reactive ketones (excluding diaryl/α,β-unsaturated/α-hetero) is 1. The molecule has 0 spiro atoms. The number of hydrogen-bond donors (Lipinski definition) is 3. The lowest BCUT2D eigenvalue weighted by atomic mass is 9.89. The highest BCUT2D eigenvalue weighted by molar-refractivity contribution is 6.01. The summed E-state index contributed by atoms with van der Waals surface area (Å²) in [6.45, 7) is 15.4. The Labute approximate surface area is 317 Å². The van der Waals surface area contributed by atoms with Crippen LogP contribution in [0.1, 0.15) is 85.0 Å². The summed E-state index contributed by atoms with van der Waals surface area (Å²) < 4.78 is 17.6. The monoisotopic (exact) mass is 745 g/mol. The quantitative estimate of drug-likeness (QED) is 0.161. The fraction of sp³-hybridized carbons (Fsp3) is 0.725. The summed E-state index contributed by atoms with van der Waals surface area (Å²) in [4.78, 5) is 71.5. The predicted molar refractivity (Wildman–Crippen MR) is 205 cm³/mol. The second-order valence-electron chi connectivity index (χ2n) is 15.2. The van der Waals surface area contributed by atoms with E-state index in [1.165, 1.54) is 14.2 Å². The molecule has 2 unspecified atom stereocenters. The lowest BCUT2D eigenvalue weighted by molar-refractivity contribution is -0.148. The third-order valence-corrected chi connectivity index (χ3v) is 10.9. The molecule has 1 heterocycles. The molecule has 0 radical (unpaired) electrons. The fourth-order valence-electron chi connectivity index (χ4n) is 7.46. The highest BCUT2D eigenvalue weighted by atomic mass is 16.5. The summed E-state index contributed by atoms with van der Waals surface area (Å²) in [5.41, 5.74) is 0.500. The van der Waals surface area contributed by atoms with Crippen molar-refractivity contribution in [2.24, 2.45) is 23.7 Å². The zero-order valence-corrected chi connectivity index (χ0v) is 34.3. The van der Waals surface area contributed by atoms with Crippen LogP contribution in [0.5, 0.6) is 0 Å². The molecule has 1 aromatic rings. The highest BCUT2D eigenvalue weighted by Gasteiger charge is 2.46. The summed E-state index contributed by atoms with van der Waals surface area (Å²) in [5.74, 6) is -2.24. The zero-order chi connectivity index (χ0) is 40.2. The van der Waals surface area contributed by atoms with Gasteiger partial charge in [-0.15, -0.1) is 0 Å². The smallest absolute Gasteiger partial charge is 0.245 e. The maximum absolute atomic E-state index is 14.3. The van der Waals surface area contributed by atoms with E-state index >= 15 is 0 Å². The molecule has 0 aliphatic carbocycles. The van der Waals surface area contributed by atoms with Gasteiger partial charge in [-0.25, -0.2) is 0 Å². The third kappa shape index (κ3) is 11.8. The minimum absolute atomic E-state index is 0.0204. The van der Waals surface area contributed by atoms with Gasteiger partial charge in [-0.1, -0.05) is 85.2 Å². The number of amides is 4. The molecular weight excluding hydrogens is 678 g/mol. The minimum Gasteiger partial charge on any atom is -0.380 e. The second kappa shape index (κ2) is 21.5. The number of nitrogens with zero attached hydrogens (tertiary/aromatic N) is 2. The molecule has 4 amide bonds. The molecule has 1 fully saturated rings. The van der Waals surface area contributed by atoms with Crippen molar-refractivity contribution in [1.29, 1.82) is 0 Å². The van der Waals surface area contributed by atoms with Crippen molar-refractivity contribution in [3.63, 3.8) is 0 Å². The summed E-state index contributed by atoms with van der Waals surface area (Å²) in [7, 11) is 8.07. The molecule has 3 N–H and O–H groups in total. The number of benzene rings is 1. The first-order valence-electron chi connectivity index (χ1n) is 19.0. The molecule has 13 nitrogen and oxygen atoms in total. The molecule has 0 bridgehead atoms. The predicted octanol–water partition coefficient (Wildman–Crippen LogP) is 3.30. The Morgan fingerprint density at radius 1 is 0.868 bits per heavy atom. The number of rotatable bonds is 21. The molecule has 1 aliphatic rings. The van der Waals surface area contributed by atoms with E-state index in [1.54, 1.807) is 69.1 Å². The summed E-state index contributed by atoms with van der Waals surface area (Å²) in [5, 5.41) is 8.86. The first-order valence-corrected chi connectivity index (χ1v) is 19.0. The molecule has 0 saturated carbocycles. The molecule has 10 atom stereocenters. The lowest BCUT2D eigenvalue weighted by Gasteiger charge is -2.41. The highest BCUT2D eigenvalue weighted by Crippen LogP contribution is 2.31. The topological polar surface area (TPSA) is 156 Å². The van der Waals surface area contributed by atoms with Gasteiger partial charge in [0.2, 0.25) is 23.6 Å². The number of ether oxygens (including phenoxy) is 3. The Bertz CT molecular complexity index is 1340. The van der Waals surface area contributed by atoms with Gasteiger partial charge in [0.15, 0.2) is 5.78 Å². The standard InChI is InChI=1S/C40H67N5O8/c1-14-25(6)35(44(10)40(50)34(24(4)5)43-39(49)33(41-9)23(2)3)31(52-12)21-32(46)45-22-29(51-11)20-30(45)37(53-13)26(7)38(48)42-27(8)36(47)28-18-16-15-17-19-28/h15-19,23-27,29-31,33-35,37,41H,14,20-22H2,1-13H3,(H,42,48)(H,43,49)/t25?,26-,27+,29-,30+,31-,33+,34?,35+,37-/m1/s1. The molecule has 13 heteroatoms. The Morgan fingerprint density at radius 3 is 1.96 bits per heavy atom. The average Bonchev–Trinajstić information content (AvgIpc) is 3.57. The van der Waals surface area contributed by atoms with Crippen LogP contribution in [-0.2, 0) is 33.4 Å². The van der Waals surface area contributed by atoms with E-state index in [1.807, 2.05) is 47.6 Å². The van der Waals surface area contributed by atoms with Crippen LogP contribution in [0.2, 0.25) is 0 Å². The van der Waals surface area contributed by atoms with Gasteiger partial charge in [0.25, 0.3) is 0 Å². The Hall–Kier alpha value is -3.39. The van der Waals surface area contributed by atoms with E-state index in [9.17, 15) is 24.0 Å². The number of likely N-dealkylation sites (tertiary alicyclic amines) is 1. The van der Waals surface area contributed by atoms with Crippen molar-refractivity contribution in [2.45, 2.75) is 123 Å². The lowest BCUT2D eigenvalue weighted by Crippen LogP contribution is -2.59. The third-order valence-electron chi connectivity index (χ3n) is 10.9. The minimum atomic E-state index is -0.784. The fourth-order valence-corrected chi connectivity index (χ4v) is 7.46. The Kier molecular flexibility index (Phi) is 18.6. The van der Waals surface area contributed by atoms with E-state index in [0.717, 1.165) is 0 Å². The van der Waals surface area contributed by atoms with E-state index in [2.05, 4.69) is 16.0 Å². The number of nitrogens with one attached hydrogen (secondary N) is 3. The number of carbonyl (C=O) groups excluding carboxylic acids is 5. The van der Waals surface area contributed by atoms with Crippen molar-refractivity contribution in [3.05, 3.63) is 35.9 Å². The molecule has 1 saturated heterocycles. The first kappa shape index (κ1) is 45.8. The van der Waals surface area contributed by atoms with Gasteiger partial charge in [-0.2, -0.15) is 0 Å². The van der Waals surface area contributed by atoms with E-state index in [0.29, 0.717) is 24.9 Å². The van der Waals surface area contributed by atoms with E-state index in [4.69, 9.17) is 14.2 Å². The number of carbonyl (C=O) groups is 5. The molecule has 1 aromatic carbocycles. The van der Waals surface area contributed by atoms with Gasteiger partial charge >= 0.3 is 0 Å². The summed E-state index contributed by atoms with van der Waals surface area (Å²) in [6.07, 6.45) is -0.536. The van der Waals surface area contributed by atoms with Crippen LogP contribution in [0.3, 0.4) is 0 Å². The van der Waals surface area contributed by atoms with Crippen LogP contribution in [-0.4, -0.2) is 130 Å². The van der Waals surface area contributed by atoms with Gasteiger partial charge in [-0.3, -0.25) is 24.0 Å². The van der Waals surface area contributed by atoms with Gasteiger partial charge in [-0.05, 0) is 38.1 Å². The van der Waals surface area contributed by atoms with Crippen molar-refractivity contribution < 1.29 is 38.2 Å². The number of methoxy groups -OCH3 is 3. The Morgan fingerprint density at radius 2 is 1.47 bits per heavy atom. The molecule has 0 aromatic heterocycles. The van der Waals surface area contributed by atoms with Gasteiger partial charge in [0, 0.05) is 40.5 Å². The maximum Gasteiger partial charge on any atom is 0.245 e. The van der Waals surface area contributed by atoms with Crippen molar-refractivity contribution in [2.75, 3.05) is 42.0 Å². The molecule has 1 aliphatic heterocycles. The van der Waals surface area contributed by atoms with Crippen molar-refractivity contribution in [1.82, 2.24) is 25.8 Å². The SMILES string of the molecule is CCC(C)[C@@H]([C@@H](CC(=O)N1C[C@H](OC)C[C@H]1[C@H](OC)[C@@H](C)C(=O)N[C@@H](C)C(=O)c1ccccc1)OC)N(C)C(=O)C(NC(=O)[C@@H](NC)C(C)C)C(C)C. The van der Waals surface area contributed by atoms with Crippen LogP contribution >= 0.6 is 0 Å².